The van der Waals surface area contributed by atoms with E-state index in [9.17, 15) is 9.59 Å². The minimum absolute atomic E-state index is 0.210. The lowest BCUT2D eigenvalue weighted by atomic mass is 9.95. The molecule has 186 valence electrons. The van der Waals surface area contributed by atoms with Crippen LogP contribution in [0.1, 0.15) is 24.1 Å². The van der Waals surface area contributed by atoms with Crippen LogP contribution in [0.2, 0.25) is 0 Å². The third-order valence-corrected chi connectivity index (χ3v) is 7.13. The number of hydrogen-bond acceptors (Lipinski definition) is 6. The monoisotopic (exact) mass is 511 g/mol. The van der Waals surface area contributed by atoms with Crippen molar-refractivity contribution < 1.29 is 14.3 Å². The van der Waals surface area contributed by atoms with Crippen molar-refractivity contribution in [3.8, 4) is 11.5 Å². The number of allylic oxidation sites excluding steroid dienone is 1. The first-order chi connectivity index (χ1) is 18.0. The molecule has 37 heavy (non-hydrogen) atoms. The third kappa shape index (κ3) is 4.83. The minimum atomic E-state index is -0.649. The summed E-state index contributed by atoms with van der Waals surface area (Å²) in [5.41, 5.74) is 3.08. The lowest BCUT2D eigenvalue weighted by Crippen LogP contribution is -2.40. The van der Waals surface area contributed by atoms with Crippen LogP contribution < -0.4 is 29.7 Å². The number of nitrogens with one attached hydrogen (secondary N) is 1. The van der Waals surface area contributed by atoms with Crippen LogP contribution >= 0.6 is 11.3 Å². The van der Waals surface area contributed by atoms with Crippen molar-refractivity contribution in [2.24, 2.45) is 4.99 Å². The second-order valence-electron chi connectivity index (χ2n) is 8.45. The van der Waals surface area contributed by atoms with Gasteiger partial charge in [-0.1, -0.05) is 53.8 Å². The van der Waals surface area contributed by atoms with Gasteiger partial charge in [-0.3, -0.25) is 14.2 Å². The predicted octanol–water partition coefficient (Wildman–Crippen LogP) is 3.89. The molecule has 2 heterocycles. The molecule has 1 aliphatic rings. The van der Waals surface area contributed by atoms with E-state index in [0.29, 0.717) is 32.0 Å². The summed E-state index contributed by atoms with van der Waals surface area (Å²) >= 11 is 1.30. The third-order valence-electron chi connectivity index (χ3n) is 6.14. The van der Waals surface area contributed by atoms with Gasteiger partial charge < -0.3 is 14.8 Å². The Morgan fingerprint density at radius 2 is 1.57 bits per heavy atom. The highest BCUT2D eigenvalue weighted by Crippen LogP contribution is 2.31. The molecule has 0 spiro atoms. The standard InChI is InChI=1S/C29H25N3O4S/c1-18-25(27(33)31-21-7-5-4-6-8-21)26(20-11-15-23(36-3)16-12-20)32-28(34)24(37-29(32)30-18)17-19-9-13-22(35-2)14-10-19/h4-17,26H,1-3H3,(H,31,33)/t26-/m0/s1. The van der Waals surface area contributed by atoms with Crippen molar-refractivity contribution in [1.82, 2.24) is 4.57 Å². The molecule has 0 saturated carbocycles. The maximum Gasteiger partial charge on any atom is 0.271 e. The zero-order valence-corrected chi connectivity index (χ0v) is 21.4. The van der Waals surface area contributed by atoms with Crippen molar-refractivity contribution in [1.29, 1.82) is 0 Å². The van der Waals surface area contributed by atoms with Crippen LogP contribution in [-0.2, 0) is 4.79 Å². The highest BCUT2D eigenvalue weighted by Gasteiger charge is 2.32. The maximum atomic E-state index is 13.8. The molecule has 4 aromatic rings. The molecule has 0 bridgehead atoms. The number of fused-ring (bicyclic) bond motifs is 1. The van der Waals surface area contributed by atoms with Gasteiger partial charge in [-0.15, -0.1) is 0 Å². The summed E-state index contributed by atoms with van der Waals surface area (Å²) < 4.78 is 12.7. The molecule has 0 unspecified atom stereocenters. The topological polar surface area (TPSA) is 81.9 Å². The minimum Gasteiger partial charge on any atom is -0.497 e. The lowest BCUT2D eigenvalue weighted by Gasteiger charge is -2.25. The van der Waals surface area contributed by atoms with Crippen molar-refractivity contribution in [3.05, 3.63) is 121 Å². The fraction of sp³-hybridized carbons (Fsp3) is 0.138. The Morgan fingerprint density at radius 3 is 2.19 bits per heavy atom. The van der Waals surface area contributed by atoms with E-state index in [4.69, 9.17) is 9.47 Å². The number of nitrogens with zero attached hydrogens (tertiary/aromatic N) is 2. The summed E-state index contributed by atoms with van der Waals surface area (Å²) in [5.74, 6) is 1.12. The number of aromatic nitrogens is 1. The fourth-order valence-electron chi connectivity index (χ4n) is 4.28. The molecule has 1 aromatic heterocycles. The van der Waals surface area contributed by atoms with Crippen LogP contribution in [0.15, 0.2) is 99.9 Å². The van der Waals surface area contributed by atoms with E-state index in [-0.39, 0.29) is 11.5 Å². The number of anilines is 1. The summed E-state index contributed by atoms with van der Waals surface area (Å²) in [6.07, 6.45) is 1.83. The van der Waals surface area contributed by atoms with Gasteiger partial charge in [0.25, 0.3) is 11.5 Å². The lowest BCUT2D eigenvalue weighted by molar-refractivity contribution is -0.113. The number of carbonyl (C=O) groups excluding carboxylic acids is 1. The molecule has 0 fully saturated rings. The number of thiazole rings is 1. The molecule has 1 atom stereocenters. The largest absolute Gasteiger partial charge is 0.497 e. The van der Waals surface area contributed by atoms with Crippen LogP contribution in [0.5, 0.6) is 11.5 Å². The zero-order chi connectivity index (χ0) is 25.9. The Kier molecular flexibility index (Phi) is 6.74. The van der Waals surface area contributed by atoms with E-state index in [2.05, 4.69) is 10.3 Å². The number of hydrogen-bond donors (Lipinski definition) is 1. The summed E-state index contributed by atoms with van der Waals surface area (Å²) in [4.78, 5) is 32.6. The maximum absolute atomic E-state index is 13.8. The average Bonchev–Trinajstić information content (AvgIpc) is 3.23. The Morgan fingerprint density at radius 1 is 0.946 bits per heavy atom. The van der Waals surface area contributed by atoms with Crippen molar-refractivity contribution in [3.63, 3.8) is 0 Å². The van der Waals surface area contributed by atoms with Crippen LogP contribution in [0, 0.1) is 0 Å². The molecule has 8 heteroatoms. The highest BCUT2D eigenvalue weighted by molar-refractivity contribution is 7.07. The summed E-state index contributed by atoms with van der Waals surface area (Å²) in [6, 6.07) is 23.4. The van der Waals surface area contributed by atoms with Gasteiger partial charge in [0.15, 0.2) is 4.80 Å². The SMILES string of the molecule is COc1ccc(C=c2sc3n(c2=O)[C@@H](c2ccc(OC)cc2)C(C(=O)Nc2ccccc2)=C(C)N=3)cc1. The molecule has 5 rings (SSSR count). The molecule has 0 saturated heterocycles. The first-order valence-electron chi connectivity index (χ1n) is 11.7. The van der Waals surface area contributed by atoms with Gasteiger partial charge in [-0.25, -0.2) is 4.99 Å². The molecule has 3 aromatic carbocycles. The average molecular weight is 512 g/mol. The summed E-state index contributed by atoms with van der Waals surface area (Å²) in [7, 11) is 3.21. The van der Waals surface area contributed by atoms with Gasteiger partial charge in [-0.2, -0.15) is 0 Å². The van der Waals surface area contributed by atoms with E-state index in [1.165, 1.54) is 11.3 Å². The normalized spacial score (nSPS) is 15.1. The number of methoxy groups -OCH3 is 2. The first kappa shape index (κ1) is 24.3. The van der Waals surface area contributed by atoms with Gasteiger partial charge in [0.1, 0.15) is 11.5 Å². The van der Waals surface area contributed by atoms with Gasteiger partial charge in [0.05, 0.1) is 36.1 Å². The molecular weight excluding hydrogens is 486 g/mol. The highest BCUT2D eigenvalue weighted by atomic mass is 32.1. The molecular formula is C29H25N3O4S. The molecule has 0 radical (unpaired) electrons. The van der Waals surface area contributed by atoms with Crippen LogP contribution in [0.4, 0.5) is 5.69 Å². The predicted molar refractivity (Wildman–Crippen MR) is 145 cm³/mol. The number of benzene rings is 3. The number of rotatable bonds is 6. The van der Waals surface area contributed by atoms with E-state index in [1.54, 1.807) is 25.7 Å². The van der Waals surface area contributed by atoms with Crippen molar-refractivity contribution in [2.75, 3.05) is 19.5 Å². The second-order valence-corrected chi connectivity index (χ2v) is 9.46. The number of ether oxygens (including phenoxy) is 2. The quantitative estimate of drug-likeness (QED) is 0.426. The zero-order valence-electron chi connectivity index (χ0n) is 20.6. The fourth-order valence-corrected chi connectivity index (χ4v) is 5.33. The van der Waals surface area contributed by atoms with E-state index in [1.807, 2.05) is 84.9 Å². The smallest absolute Gasteiger partial charge is 0.271 e. The molecule has 1 N–H and O–H groups in total. The second kappa shape index (κ2) is 10.3. The van der Waals surface area contributed by atoms with E-state index in [0.717, 1.165) is 16.9 Å². The van der Waals surface area contributed by atoms with Crippen LogP contribution in [0.3, 0.4) is 0 Å². The molecule has 1 aliphatic heterocycles. The Balaban J connectivity index is 1.65. The van der Waals surface area contributed by atoms with E-state index < -0.39 is 6.04 Å². The Bertz CT molecular complexity index is 1650. The number of para-hydroxylation sites is 1. The van der Waals surface area contributed by atoms with Crippen LogP contribution in [0.25, 0.3) is 6.08 Å². The first-order valence-corrected chi connectivity index (χ1v) is 12.5. The van der Waals surface area contributed by atoms with Gasteiger partial charge >= 0.3 is 0 Å². The number of carbonyl (C=O) groups is 1. The Labute approximate surface area is 217 Å². The molecule has 1 amide bonds. The van der Waals surface area contributed by atoms with Gasteiger partial charge in [0.2, 0.25) is 0 Å². The molecule has 0 aliphatic carbocycles. The van der Waals surface area contributed by atoms with Gasteiger partial charge in [0, 0.05) is 5.69 Å². The number of amides is 1. The van der Waals surface area contributed by atoms with Crippen molar-refractivity contribution in [2.45, 2.75) is 13.0 Å². The summed E-state index contributed by atoms with van der Waals surface area (Å²) in [6.45, 7) is 1.80. The van der Waals surface area contributed by atoms with E-state index >= 15 is 0 Å². The Hall–Kier alpha value is -4.43. The molecule has 7 nitrogen and oxygen atoms in total. The van der Waals surface area contributed by atoms with Gasteiger partial charge in [-0.05, 0) is 60.5 Å². The van der Waals surface area contributed by atoms with Crippen LogP contribution in [-0.4, -0.2) is 24.7 Å². The summed E-state index contributed by atoms with van der Waals surface area (Å²) in [5, 5.41) is 2.96. The van der Waals surface area contributed by atoms with Crippen molar-refractivity contribution >= 4 is 29.0 Å².